The number of likely N-dealkylation sites (tertiary alicyclic amines) is 1. The Hall–Kier alpha value is -2.91. The van der Waals surface area contributed by atoms with Gasteiger partial charge in [0.1, 0.15) is 0 Å². The van der Waals surface area contributed by atoms with Crippen molar-refractivity contribution in [1.29, 1.82) is 0 Å². The highest BCUT2D eigenvalue weighted by atomic mass is 35.5. The molecule has 1 aromatic carbocycles. The summed E-state index contributed by atoms with van der Waals surface area (Å²) >= 11 is 7.03. The first-order valence-electron chi connectivity index (χ1n) is 9.95. The van der Waals surface area contributed by atoms with E-state index in [0.717, 1.165) is 24.2 Å². The van der Waals surface area contributed by atoms with Gasteiger partial charge in [0.15, 0.2) is 0 Å². The SMILES string of the molecule is NC(=O)N1CCC(CCN2C(=O)c3cccc(NC(=O)c4ccc(Cl)s4)c3C2=O)CC1. The summed E-state index contributed by atoms with van der Waals surface area (Å²) in [5.41, 5.74) is 6.12. The number of hydrogen-bond acceptors (Lipinski definition) is 5. The third kappa shape index (κ3) is 4.28. The lowest BCUT2D eigenvalue weighted by molar-refractivity contribution is 0.0640. The van der Waals surface area contributed by atoms with Crippen LogP contribution in [-0.4, -0.2) is 53.2 Å². The monoisotopic (exact) mass is 460 g/mol. The quantitative estimate of drug-likeness (QED) is 0.665. The van der Waals surface area contributed by atoms with Crippen molar-refractivity contribution in [2.45, 2.75) is 19.3 Å². The first kappa shape index (κ1) is 21.3. The average molecular weight is 461 g/mol. The number of nitrogens with two attached hydrogens (primary N) is 1. The zero-order valence-corrected chi connectivity index (χ0v) is 18.2. The molecule has 1 aromatic heterocycles. The van der Waals surface area contributed by atoms with E-state index in [9.17, 15) is 19.2 Å². The molecule has 2 aromatic rings. The minimum absolute atomic E-state index is 0.215. The van der Waals surface area contributed by atoms with Gasteiger partial charge in [0, 0.05) is 19.6 Å². The molecule has 3 heterocycles. The van der Waals surface area contributed by atoms with Crippen molar-refractivity contribution in [3.8, 4) is 0 Å². The third-order valence-electron chi connectivity index (χ3n) is 5.73. The fraction of sp³-hybridized carbons (Fsp3) is 0.333. The van der Waals surface area contributed by atoms with Crippen LogP contribution in [0.1, 0.15) is 49.7 Å². The number of benzene rings is 1. The number of fused-ring (bicyclic) bond motifs is 1. The highest BCUT2D eigenvalue weighted by molar-refractivity contribution is 7.18. The summed E-state index contributed by atoms with van der Waals surface area (Å²) in [6, 6.07) is 7.66. The Bertz CT molecular complexity index is 1060. The molecule has 0 saturated carbocycles. The molecule has 10 heteroatoms. The van der Waals surface area contributed by atoms with Crippen LogP contribution in [-0.2, 0) is 0 Å². The number of rotatable bonds is 5. The number of carbonyl (C=O) groups is 4. The molecule has 162 valence electrons. The summed E-state index contributed by atoms with van der Waals surface area (Å²) < 4.78 is 0.488. The topological polar surface area (TPSA) is 113 Å². The number of thiophene rings is 1. The molecule has 8 nitrogen and oxygen atoms in total. The molecule has 0 radical (unpaired) electrons. The highest BCUT2D eigenvalue weighted by Gasteiger charge is 2.38. The number of piperidine rings is 1. The summed E-state index contributed by atoms with van der Waals surface area (Å²) in [7, 11) is 0. The molecular weight excluding hydrogens is 440 g/mol. The van der Waals surface area contributed by atoms with Crippen molar-refractivity contribution in [2.24, 2.45) is 11.7 Å². The van der Waals surface area contributed by atoms with Crippen LogP contribution in [0, 0.1) is 5.92 Å². The Morgan fingerprint density at radius 3 is 2.52 bits per heavy atom. The summed E-state index contributed by atoms with van der Waals surface area (Å²) in [5.74, 6) is -0.840. The molecular formula is C21H21ClN4O4S. The van der Waals surface area contributed by atoms with Gasteiger partial charge in [-0.1, -0.05) is 17.7 Å². The predicted molar refractivity (Wildman–Crippen MR) is 118 cm³/mol. The van der Waals surface area contributed by atoms with Crippen LogP contribution < -0.4 is 11.1 Å². The van der Waals surface area contributed by atoms with Crippen LogP contribution in [0.2, 0.25) is 4.34 Å². The molecule has 2 aliphatic rings. The van der Waals surface area contributed by atoms with Gasteiger partial charge in [-0.2, -0.15) is 0 Å². The second-order valence-corrected chi connectivity index (χ2v) is 9.32. The van der Waals surface area contributed by atoms with Gasteiger partial charge < -0.3 is 16.0 Å². The molecule has 5 amide bonds. The Kier molecular flexibility index (Phi) is 5.97. The maximum Gasteiger partial charge on any atom is 0.314 e. The summed E-state index contributed by atoms with van der Waals surface area (Å²) in [6.45, 7) is 1.47. The molecule has 1 fully saturated rings. The third-order valence-corrected chi connectivity index (χ3v) is 6.96. The van der Waals surface area contributed by atoms with Crippen molar-refractivity contribution < 1.29 is 19.2 Å². The lowest BCUT2D eigenvalue weighted by Crippen LogP contribution is -2.42. The van der Waals surface area contributed by atoms with Gasteiger partial charge in [-0.15, -0.1) is 11.3 Å². The highest BCUT2D eigenvalue weighted by Crippen LogP contribution is 2.31. The maximum absolute atomic E-state index is 13.0. The Morgan fingerprint density at radius 1 is 1.13 bits per heavy atom. The number of amides is 5. The van der Waals surface area contributed by atoms with Gasteiger partial charge in [-0.05, 0) is 49.4 Å². The number of primary amides is 1. The number of urea groups is 1. The molecule has 0 aliphatic carbocycles. The fourth-order valence-electron chi connectivity index (χ4n) is 4.01. The van der Waals surface area contributed by atoms with Gasteiger partial charge >= 0.3 is 6.03 Å². The lowest BCUT2D eigenvalue weighted by atomic mass is 9.93. The van der Waals surface area contributed by atoms with Crippen LogP contribution in [0.4, 0.5) is 10.5 Å². The number of carbonyl (C=O) groups excluding carboxylic acids is 4. The molecule has 0 bridgehead atoms. The zero-order valence-electron chi connectivity index (χ0n) is 16.6. The van der Waals surface area contributed by atoms with E-state index in [4.69, 9.17) is 17.3 Å². The minimum atomic E-state index is -0.418. The zero-order chi connectivity index (χ0) is 22.1. The second kappa shape index (κ2) is 8.68. The van der Waals surface area contributed by atoms with Gasteiger partial charge in [-0.3, -0.25) is 19.3 Å². The molecule has 0 spiro atoms. The fourth-order valence-corrected chi connectivity index (χ4v) is 4.95. The maximum atomic E-state index is 13.0. The van der Waals surface area contributed by atoms with Crippen LogP contribution in [0.25, 0.3) is 0 Å². The number of nitrogens with zero attached hydrogens (tertiary/aromatic N) is 2. The van der Waals surface area contributed by atoms with Crippen molar-refractivity contribution in [3.05, 3.63) is 50.7 Å². The molecule has 1 saturated heterocycles. The van der Waals surface area contributed by atoms with Crippen LogP contribution >= 0.6 is 22.9 Å². The number of halogens is 1. The van der Waals surface area contributed by atoms with Gasteiger partial charge in [0.25, 0.3) is 17.7 Å². The first-order chi connectivity index (χ1) is 14.8. The van der Waals surface area contributed by atoms with Gasteiger partial charge in [-0.25, -0.2) is 4.79 Å². The Morgan fingerprint density at radius 2 is 1.87 bits per heavy atom. The van der Waals surface area contributed by atoms with E-state index >= 15 is 0 Å². The van der Waals surface area contributed by atoms with Crippen molar-refractivity contribution >= 4 is 52.4 Å². The van der Waals surface area contributed by atoms with Crippen molar-refractivity contribution in [1.82, 2.24) is 9.80 Å². The van der Waals surface area contributed by atoms with Gasteiger partial charge in [0.05, 0.1) is 26.0 Å². The Balaban J connectivity index is 1.44. The Labute approximate surface area is 187 Å². The summed E-state index contributed by atoms with van der Waals surface area (Å²) in [4.78, 5) is 52.9. The average Bonchev–Trinajstić information content (AvgIpc) is 3.29. The standard InChI is InChI=1S/C21H21ClN4O4S/c22-16-5-4-15(31-16)18(27)24-14-3-1-2-13-17(14)20(29)26(19(13)28)11-8-12-6-9-25(10-7-12)21(23)30/h1-5,12H,6-11H2,(H2,23,30)(H,24,27). The van der Waals surface area contributed by atoms with E-state index in [-0.39, 0.29) is 22.9 Å². The minimum Gasteiger partial charge on any atom is -0.351 e. The van der Waals surface area contributed by atoms with Gasteiger partial charge in [0.2, 0.25) is 0 Å². The van der Waals surface area contributed by atoms with Crippen LogP contribution in [0.3, 0.4) is 0 Å². The molecule has 4 rings (SSSR count). The summed E-state index contributed by atoms with van der Waals surface area (Å²) in [5, 5.41) is 2.73. The first-order valence-corrected chi connectivity index (χ1v) is 11.1. The second-order valence-electron chi connectivity index (χ2n) is 7.61. The molecule has 3 N–H and O–H groups in total. The number of hydrogen-bond donors (Lipinski definition) is 2. The van der Waals surface area contributed by atoms with E-state index in [2.05, 4.69) is 5.32 Å². The van der Waals surface area contributed by atoms with Crippen LogP contribution in [0.15, 0.2) is 30.3 Å². The number of imide groups is 1. The normalized spacial score (nSPS) is 16.5. The van der Waals surface area contributed by atoms with E-state index in [1.54, 1.807) is 35.2 Å². The van der Waals surface area contributed by atoms with E-state index in [1.807, 2.05) is 0 Å². The molecule has 31 heavy (non-hydrogen) atoms. The van der Waals surface area contributed by atoms with Crippen molar-refractivity contribution in [2.75, 3.05) is 25.0 Å². The molecule has 2 aliphatic heterocycles. The van der Waals surface area contributed by atoms with Crippen LogP contribution in [0.5, 0.6) is 0 Å². The smallest absolute Gasteiger partial charge is 0.314 e. The molecule has 0 atom stereocenters. The largest absolute Gasteiger partial charge is 0.351 e. The van der Waals surface area contributed by atoms with E-state index in [1.165, 1.54) is 4.90 Å². The predicted octanol–water partition coefficient (Wildman–Crippen LogP) is 3.43. The lowest BCUT2D eigenvalue weighted by Gasteiger charge is -2.31. The number of anilines is 1. The van der Waals surface area contributed by atoms with E-state index < -0.39 is 11.9 Å². The molecule has 0 unspecified atom stereocenters. The summed E-state index contributed by atoms with van der Waals surface area (Å²) in [6.07, 6.45) is 2.24. The van der Waals surface area contributed by atoms with Crippen molar-refractivity contribution in [3.63, 3.8) is 0 Å². The van der Waals surface area contributed by atoms with E-state index in [0.29, 0.717) is 46.9 Å². The number of nitrogens with one attached hydrogen (secondary N) is 1.